The minimum absolute atomic E-state index is 0.598. The molecule has 0 aliphatic carbocycles. The molecule has 6 rings (SSSR count). The molecule has 3 aliphatic rings. The Bertz CT molecular complexity index is 1260. The summed E-state index contributed by atoms with van der Waals surface area (Å²) in [5, 5.41) is 0. The highest BCUT2D eigenvalue weighted by atomic mass is 16.6. The molecule has 0 N–H and O–H groups in total. The molecule has 176 valence electrons. The molecule has 0 fully saturated rings. The van der Waals surface area contributed by atoms with Crippen LogP contribution >= 0.6 is 0 Å². The van der Waals surface area contributed by atoms with E-state index < -0.39 is 0 Å². The number of nitrogens with zero attached hydrogens (tertiary/aromatic N) is 5. The summed E-state index contributed by atoms with van der Waals surface area (Å²) < 4.78 is 13.8. The number of fused-ring (bicyclic) bond motifs is 2. The molecule has 34 heavy (non-hydrogen) atoms. The van der Waals surface area contributed by atoms with Crippen LogP contribution in [0.15, 0.2) is 35.5 Å². The van der Waals surface area contributed by atoms with Crippen molar-refractivity contribution in [2.75, 3.05) is 26.3 Å². The molecule has 0 bridgehead atoms. The summed E-state index contributed by atoms with van der Waals surface area (Å²) >= 11 is 0. The maximum atomic E-state index is 5.81. The van der Waals surface area contributed by atoms with Crippen molar-refractivity contribution < 1.29 is 9.47 Å². The Hall–Kier alpha value is -3.19. The van der Waals surface area contributed by atoms with E-state index in [9.17, 15) is 0 Å². The molecular formula is C27H31N5O2. The summed E-state index contributed by atoms with van der Waals surface area (Å²) in [4.78, 5) is 16.7. The van der Waals surface area contributed by atoms with Gasteiger partial charge in [-0.2, -0.15) is 0 Å². The molecule has 0 radical (unpaired) electrons. The zero-order chi connectivity index (χ0) is 23.1. The molecule has 0 saturated carbocycles. The fourth-order valence-electron chi connectivity index (χ4n) is 5.33. The van der Waals surface area contributed by atoms with Gasteiger partial charge in [-0.1, -0.05) is 0 Å². The molecule has 1 aromatic carbocycles. The van der Waals surface area contributed by atoms with E-state index in [0.717, 1.165) is 67.7 Å². The summed E-state index contributed by atoms with van der Waals surface area (Å²) in [7, 11) is 0. The Balaban J connectivity index is 1.20. The smallest absolute Gasteiger partial charge is 0.173 e. The first-order chi connectivity index (χ1) is 16.7. The fraction of sp³-hybridized carbons (Fsp3) is 0.444. The van der Waals surface area contributed by atoms with Gasteiger partial charge in [0.1, 0.15) is 13.2 Å². The van der Waals surface area contributed by atoms with Crippen LogP contribution in [0, 0.1) is 13.8 Å². The monoisotopic (exact) mass is 457 g/mol. The number of rotatable bonds is 4. The molecule has 0 unspecified atom stereocenters. The van der Waals surface area contributed by atoms with Gasteiger partial charge in [0.15, 0.2) is 17.3 Å². The van der Waals surface area contributed by atoms with Gasteiger partial charge in [-0.15, -0.1) is 0 Å². The van der Waals surface area contributed by atoms with Gasteiger partial charge in [0, 0.05) is 67.5 Å². The van der Waals surface area contributed by atoms with E-state index in [2.05, 4.69) is 51.5 Å². The van der Waals surface area contributed by atoms with E-state index in [4.69, 9.17) is 14.5 Å². The molecule has 7 heteroatoms. The van der Waals surface area contributed by atoms with Gasteiger partial charge >= 0.3 is 0 Å². The number of aryl methyl sites for hydroxylation is 1. The number of benzene rings is 1. The highest BCUT2D eigenvalue weighted by molar-refractivity contribution is 5.97. The van der Waals surface area contributed by atoms with Crippen LogP contribution in [-0.4, -0.2) is 51.4 Å². The predicted octanol–water partition coefficient (Wildman–Crippen LogP) is 4.19. The average molecular weight is 458 g/mol. The van der Waals surface area contributed by atoms with Crippen LogP contribution in [0.5, 0.6) is 11.5 Å². The normalized spacial score (nSPS) is 17.9. The Morgan fingerprint density at radius 2 is 1.88 bits per heavy atom. The lowest BCUT2D eigenvalue weighted by Gasteiger charge is -2.28. The van der Waals surface area contributed by atoms with Crippen LogP contribution in [0.25, 0.3) is 5.69 Å². The Kier molecular flexibility index (Phi) is 5.57. The number of ether oxygens (including phenoxy) is 2. The standard InChI is InChI=1S/C27H31N5O2/c1-18-13-20(19(2)32(18)22-6-7-25-26(14-22)34-12-11-33-25)16-31-10-8-23-21(17-31)15-29-27(30-23)24-5-3-4-9-28-24/h6-7,13-15H,3-5,8-12,16-17H2,1-2H3. The highest BCUT2D eigenvalue weighted by Crippen LogP contribution is 2.34. The first kappa shape index (κ1) is 21.4. The zero-order valence-corrected chi connectivity index (χ0v) is 20.0. The second kappa shape index (κ2) is 8.87. The quantitative estimate of drug-likeness (QED) is 0.588. The van der Waals surface area contributed by atoms with Crippen molar-refractivity contribution in [3.63, 3.8) is 0 Å². The molecule has 5 heterocycles. The van der Waals surface area contributed by atoms with Gasteiger partial charge < -0.3 is 14.0 Å². The van der Waals surface area contributed by atoms with E-state index in [1.54, 1.807) is 0 Å². The van der Waals surface area contributed by atoms with Crippen LogP contribution in [0.2, 0.25) is 0 Å². The van der Waals surface area contributed by atoms with Crippen LogP contribution in [0.4, 0.5) is 0 Å². The summed E-state index contributed by atoms with van der Waals surface area (Å²) in [6, 6.07) is 8.51. The molecule has 2 aromatic heterocycles. The van der Waals surface area contributed by atoms with Gasteiger partial charge in [-0.05, 0) is 56.9 Å². The summed E-state index contributed by atoms with van der Waals surface area (Å²) in [6.45, 7) is 9.30. The molecule has 3 aliphatic heterocycles. The Morgan fingerprint density at radius 3 is 2.74 bits per heavy atom. The van der Waals surface area contributed by atoms with Gasteiger partial charge in [-0.3, -0.25) is 9.89 Å². The van der Waals surface area contributed by atoms with Crippen LogP contribution in [0.3, 0.4) is 0 Å². The molecule has 0 spiro atoms. The highest BCUT2D eigenvalue weighted by Gasteiger charge is 2.22. The lowest BCUT2D eigenvalue weighted by Crippen LogP contribution is -2.31. The van der Waals surface area contributed by atoms with E-state index in [-0.39, 0.29) is 0 Å². The molecule has 0 saturated heterocycles. The van der Waals surface area contributed by atoms with Gasteiger partial charge in [0.25, 0.3) is 0 Å². The van der Waals surface area contributed by atoms with E-state index in [0.29, 0.717) is 13.2 Å². The minimum Gasteiger partial charge on any atom is -0.486 e. The van der Waals surface area contributed by atoms with Crippen molar-refractivity contribution in [1.82, 2.24) is 19.4 Å². The van der Waals surface area contributed by atoms with Crippen LogP contribution < -0.4 is 9.47 Å². The number of hydrogen-bond acceptors (Lipinski definition) is 6. The van der Waals surface area contributed by atoms with Gasteiger partial charge in [-0.25, -0.2) is 9.97 Å². The summed E-state index contributed by atoms with van der Waals surface area (Å²) in [5.74, 6) is 2.49. The second-order valence-electron chi connectivity index (χ2n) is 9.47. The molecule has 0 amide bonds. The van der Waals surface area contributed by atoms with E-state index >= 15 is 0 Å². The number of aliphatic imine (C=N–C) groups is 1. The van der Waals surface area contributed by atoms with Crippen molar-refractivity contribution >= 4 is 5.71 Å². The van der Waals surface area contributed by atoms with Crippen molar-refractivity contribution in [2.24, 2.45) is 4.99 Å². The SMILES string of the molecule is Cc1cc(CN2CCc3nc(C4=NCCCC4)ncc3C2)c(C)n1-c1ccc2c(c1)OCCO2. The summed E-state index contributed by atoms with van der Waals surface area (Å²) in [6.07, 6.45) is 6.36. The molecule has 3 aromatic rings. The van der Waals surface area contributed by atoms with E-state index in [1.165, 1.54) is 41.1 Å². The fourth-order valence-corrected chi connectivity index (χ4v) is 5.33. The van der Waals surface area contributed by atoms with E-state index in [1.807, 2.05) is 12.3 Å². The first-order valence-corrected chi connectivity index (χ1v) is 12.3. The van der Waals surface area contributed by atoms with Crippen molar-refractivity contribution in [3.05, 3.63) is 64.5 Å². The first-order valence-electron chi connectivity index (χ1n) is 12.3. The maximum Gasteiger partial charge on any atom is 0.173 e. The third-order valence-electron chi connectivity index (χ3n) is 7.11. The lowest BCUT2D eigenvalue weighted by molar-refractivity contribution is 0.171. The third-order valence-corrected chi connectivity index (χ3v) is 7.11. The largest absolute Gasteiger partial charge is 0.486 e. The molecule has 0 atom stereocenters. The van der Waals surface area contributed by atoms with Crippen LogP contribution in [-0.2, 0) is 19.5 Å². The molecule has 7 nitrogen and oxygen atoms in total. The Labute approximate surface area is 200 Å². The van der Waals surface area contributed by atoms with Crippen molar-refractivity contribution in [3.8, 4) is 17.2 Å². The van der Waals surface area contributed by atoms with Crippen LogP contribution in [0.1, 0.15) is 53.3 Å². The van der Waals surface area contributed by atoms with Gasteiger partial charge in [0.2, 0.25) is 0 Å². The third kappa shape index (κ3) is 3.98. The predicted molar refractivity (Wildman–Crippen MR) is 131 cm³/mol. The minimum atomic E-state index is 0.598. The Morgan fingerprint density at radius 1 is 1.00 bits per heavy atom. The second-order valence-corrected chi connectivity index (χ2v) is 9.47. The number of hydrogen-bond donors (Lipinski definition) is 0. The van der Waals surface area contributed by atoms with Crippen molar-refractivity contribution in [1.29, 1.82) is 0 Å². The molecular weight excluding hydrogens is 426 g/mol. The number of aromatic nitrogens is 3. The zero-order valence-electron chi connectivity index (χ0n) is 20.0. The maximum absolute atomic E-state index is 5.81. The van der Waals surface area contributed by atoms with Gasteiger partial charge in [0.05, 0.1) is 11.4 Å². The topological polar surface area (TPSA) is 64.8 Å². The average Bonchev–Trinajstić information content (AvgIpc) is 3.16. The van der Waals surface area contributed by atoms with Crippen molar-refractivity contribution in [2.45, 2.75) is 52.6 Å². The summed E-state index contributed by atoms with van der Waals surface area (Å²) in [5.41, 5.74) is 8.47. The lowest BCUT2D eigenvalue weighted by atomic mass is 10.0.